The molecule has 2 aromatic carbocycles. The number of anilines is 1. The van der Waals surface area contributed by atoms with Gasteiger partial charge < -0.3 is 15.4 Å². The summed E-state index contributed by atoms with van der Waals surface area (Å²) in [5.74, 6) is 0.780. The molecule has 1 aliphatic rings. The Bertz CT molecular complexity index is 782. The van der Waals surface area contributed by atoms with E-state index in [0.717, 1.165) is 29.7 Å². The van der Waals surface area contributed by atoms with Crippen LogP contribution in [0.25, 0.3) is 0 Å². The minimum atomic E-state index is -0.176. The minimum absolute atomic E-state index is 0.0245. The molecule has 2 N–H and O–H groups in total. The fraction of sp³-hybridized carbons (Fsp3) is 0.333. The number of ether oxygens (including phenoxy) is 1. The molecular formula is C21H24N2O3. The molecule has 0 radical (unpaired) electrons. The molecule has 3 rings (SSSR count). The molecule has 1 unspecified atom stereocenters. The summed E-state index contributed by atoms with van der Waals surface area (Å²) in [7, 11) is 0. The summed E-state index contributed by atoms with van der Waals surface area (Å²) in [6.07, 6.45) is 1.97. The van der Waals surface area contributed by atoms with Crippen LogP contribution in [0.4, 0.5) is 5.69 Å². The number of carbonyl (C=O) groups excluding carboxylic acids is 2. The van der Waals surface area contributed by atoms with Gasteiger partial charge >= 0.3 is 0 Å². The Morgan fingerprint density at radius 2 is 1.88 bits per heavy atom. The van der Waals surface area contributed by atoms with Crippen molar-refractivity contribution in [1.82, 2.24) is 5.32 Å². The molecule has 0 heterocycles. The first-order valence-electron chi connectivity index (χ1n) is 8.91. The molecule has 1 atom stereocenters. The van der Waals surface area contributed by atoms with Crippen LogP contribution in [0.3, 0.4) is 0 Å². The smallest absolute Gasteiger partial charge is 0.258 e. The van der Waals surface area contributed by atoms with E-state index >= 15 is 0 Å². The van der Waals surface area contributed by atoms with Gasteiger partial charge in [0.15, 0.2) is 6.61 Å². The van der Waals surface area contributed by atoms with Gasteiger partial charge in [-0.2, -0.15) is 0 Å². The first-order valence-corrected chi connectivity index (χ1v) is 8.91. The predicted octanol–water partition coefficient (Wildman–Crippen LogP) is 3.60. The van der Waals surface area contributed by atoms with Gasteiger partial charge in [-0.05, 0) is 62.1 Å². The van der Waals surface area contributed by atoms with Crippen molar-refractivity contribution in [3.8, 4) is 5.75 Å². The molecule has 0 bridgehead atoms. The lowest BCUT2D eigenvalue weighted by molar-refractivity contribution is -0.123. The zero-order valence-electron chi connectivity index (χ0n) is 15.1. The summed E-state index contributed by atoms with van der Waals surface area (Å²) in [6, 6.07) is 15.0. The molecule has 5 nitrogen and oxygen atoms in total. The predicted molar refractivity (Wildman–Crippen MR) is 101 cm³/mol. The van der Waals surface area contributed by atoms with Gasteiger partial charge in [0.1, 0.15) is 5.75 Å². The van der Waals surface area contributed by atoms with Gasteiger partial charge in [0.05, 0.1) is 6.04 Å². The summed E-state index contributed by atoms with van der Waals surface area (Å²) < 4.78 is 5.52. The highest BCUT2D eigenvalue weighted by Crippen LogP contribution is 2.30. The van der Waals surface area contributed by atoms with Crippen molar-refractivity contribution in [2.24, 2.45) is 5.92 Å². The van der Waals surface area contributed by atoms with Gasteiger partial charge in [0, 0.05) is 11.6 Å². The highest BCUT2D eigenvalue weighted by molar-refractivity contribution is 5.94. The standard InChI is InChI=1S/C21H24N2O3/c1-14-4-3-5-19(12-14)26-13-20(24)22-15(2)16-8-10-18(11-9-16)23-21(25)17-6-7-17/h3-5,8-12,15,17H,6-7,13H2,1-2H3,(H,22,24)(H,23,25). The van der Waals surface area contributed by atoms with E-state index in [-0.39, 0.29) is 30.4 Å². The van der Waals surface area contributed by atoms with Crippen LogP contribution in [0.1, 0.15) is 36.9 Å². The molecule has 0 aliphatic heterocycles. The lowest BCUT2D eigenvalue weighted by atomic mass is 10.1. The van der Waals surface area contributed by atoms with Gasteiger partial charge in [0.2, 0.25) is 5.91 Å². The first kappa shape index (κ1) is 18.0. The van der Waals surface area contributed by atoms with Gasteiger partial charge in [-0.15, -0.1) is 0 Å². The molecule has 0 saturated heterocycles. The van der Waals surface area contributed by atoms with Crippen LogP contribution in [0.5, 0.6) is 5.75 Å². The Kier molecular flexibility index (Phi) is 5.56. The fourth-order valence-electron chi connectivity index (χ4n) is 2.67. The highest BCUT2D eigenvalue weighted by Gasteiger charge is 2.29. The van der Waals surface area contributed by atoms with E-state index in [4.69, 9.17) is 4.74 Å². The minimum Gasteiger partial charge on any atom is -0.484 e. The maximum atomic E-state index is 12.1. The third-order valence-corrected chi connectivity index (χ3v) is 4.36. The molecule has 1 fully saturated rings. The second kappa shape index (κ2) is 8.04. The molecule has 0 spiro atoms. The second-order valence-corrected chi connectivity index (χ2v) is 6.78. The van der Waals surface area contributed by atoms with Crippen molar-refractivity contribution >= 4 is 17.5 Å². The van der Waals surface area contributed by atoms with E-state index in [1.165, 1.54) is 0 Å². The van der Waals surface area contributed by atoms with Gasteiger partial charge in [-0.3, -0.25) is 9.59 Å². The van der Waals surface area contributed by atoms with Crippen molar-refractivity contribution in [1.29, 1.82) is 0 Å². The molecule has 5 heteroatoms. The number of benzene rings is 2. The maximum absolute atomic E-state index is 12.1. The average Bonchev–Trinajstić information content (AvgIpc) is 3.46. The highest BCUT2D eigenvalue weighted by atomic mass is 16.5. The van der Waals surface area contributed by atoms with E-state index in [2.05, 4.69) is 10.6 Å². The fourth-order valence-corrected chi connectivity index (χ4v) is 2.67. The Labute approximate surface area is 153 Å². The lowest BCUT2D eigenvalue weighted by Crippen LogP contribution is -2.31. The number of rotatable bonds is 7. The van der Waals surface area contributed by atoms with E-state index in [1.54, 1.807) is 0 Å². The number of aryl methyl sites for hydroxylation is 1. The summed E-state index contributed by atoms with van der Waals surface area (Å²) >= 11 is 0. The Morgan fingerprint density at radius 1 is 1.15 bits per heavy atom. The van der Waals surface area contributed by atoms with Crippen molar-refractivity contribution < 1.29 is 14.3 Å². The Morgan fingerprint density at radius 3 is 2.54 bits per heavy atom. The lowest BCUT2D eigenvalue weighted by Gasteiger charge is -2.15. The van der Waals surface area contributed by atoms with E-state index in [9.17, 15) is 9.59 Å². The monoisotopic (exact) mass is 352 g/mol. The third-order valence-electron chi connectivity index (χ3n) is 4.36. The van der Waals surface area contributed by atoms with Crippen molar-refractivity contribution in [2.45, 2.75) is 32.7 Å². The third kappa shape index (κ3) is 5.09. The summed E-state index contributed by atoms with van der Waals surface area (Å²) in [5.41, 5.74) is 2.84. The van der Waals surface area contributed by atoms with Crippen LogP contribution in [0.15, 0.2) is 48.5 Å². The van der Waals surface area contributed by atoms with E-state index < -0.39 is 0 Å². The van der Waals surface area contributed by atoms with Crippen LogP contribution < -0.4 is 15.4 Å². The van der Waals surface area contributed by atoms with Crippen molar-refractivity contribution in [3.63, 3.8) is 0 Å². The molecule has 2 amide bonds. The van der Waals surface area contributed by atoms with Gasteiger partial charge in [0.25, 0.3) is 5.91 Å². The molecule has 1 saturated carbocycles. The summed E-state index contributed by atoms with van der Waals surface area (Å²) in [6.45, 7) is 3.87. The number of hydrogen-bond acceptors (Lipinski definition) is 3. The molecule has 1 aliphatic carbocycles. The van der Waals surface area contributed by atoms with Crippen LogP contribution >= 0.6 is 0 Å². The SMILES string of the molecule is Cc1cccc(OCC(=O)NC(C)c2ccc(NC(=O)C3CC3)cc2)c1. The topological polar surface area (TPSA) is 67.4 Å². The first-order chi connectivity index (χ1) is 12.5. The Balaban J connectivity index is 1.48. The molecule has 136 valence electrons. The van der Waals surface area contributed by atoms with Crippen molar-refractivity contribution in [3.05, 3.63) is 59.7 Å². The maximum Gasteiger partial charge on any atom is 0.258 e. The normalized spacial score (nSPS) is 14.4. The number of hydrogen-bond donors (Lipinski definition) is 2. The van der Waals surface area contributed by atoms with Crippen LogP contribution in [0.2, 0.25) is 0 Å². The van der Waals surface area contributed by atoms with Crippen molar-refractivity contribution in [2.75, 3.05) is 11.9 Å². The number of amides is 2. The summed E-state index contributed by atoms with van der Waals surface area (Å²) in [4.78, 5) is 23.9. The zero-order chi connectivity index (χ0) is 18.5. The molecule has 26 heavy (non-hydrogen) atoms. The van der Waals surface area contributed by atoms with E-state index in [0.29, 0.717) is 5.75 Å². The largest absolute Gasteiger partial charge is 0.484 e. The summed E-state index contributed by atoms with van der Waals surface area (Å²) in [5, 5.41) is 5.83. The van der Waals surface area contributed by atoms with Gasteiger partial charge in [-0.1, -0.05) is 24.3 Å². The number of carbonyl (C=O) groups is 2. The van der Waals surface area contributed by atoms with E-state index in [1.807, 2.05) is 62.4 Å². The average molecular weight is 352 g/mol. The van der Waals surface area contributed by atoms with Crippen LogP contribution in [-0.4, -0.2) is 18.4 Å². The molecule has 2 aromatic rings. The van der Waals surface area contributed by atoms with Gasteiger partial charge in [-0.25, -0.2) is 0 Å². The second-order valence-electron chi connectivity index (χ2n) is 6.78. The number of nitrogens with one attached hydrogen (secondary N) is 2. The Hall–Kier alpha value is -2.82. The molecular weight excluding hydrogens is 328 g/mol. The quantitative estimate of drug-likeness (QED) is 0.800. The molecule has 0 aromatic heterocycles. The van der Waals surface area contributed by atoms with Crippen LogP contribution in [0, 0.1) is 12.8 Å². The zero-order valence-corrected chi connectivity index (χ0v) is 15.1. The van der Waals surface area contributed by atoms with Crippen LogP contribution in [-0.2, 0) is 9.59 Å².